The first-order valence-corrected chi connectivity index (χ1v) is 10.2. The molecule has 154 valence electrons. The van der Waals surface area contributed by atoms with Crippen molar-refractivity contribution in [2.45, 2.75) is 0 Å². The summed E-state index contributed by atoms with van der Waals surface area (Å²) in [5.41, 5.74) is 2.44. The quantitative estimate of drug-likeness (QED) is 0.334. The standard InChI is InChI=1S/C28H18FNO2/c29-21-16-17-24-23(18-21)28(32)25(27(31)20-12-6-2-7-13-20)26(19-10-4-1-5-11-19)30(24)22-14-8-3-9-15-22/h1-18H. The molecular weight excluding hydrogens is 401 g/mol. The van der Waals surface area contributed by atoms with Crippen LogP contribution in [0.15, 0.2) is 114 Å². The van der Waals surface area contributed by atoms with Gasteiger partial charge in [-0.05, 0) is 35.9 Å². The Morgan fingerprint density at radius 2 is 1.31 bits per heavy atom. The van der Waals surface area contributed by atoms with Gasteiger partial charge in [-0.1, -0.05) is 78.9 Å². The summed E-state index contributed by atoms with van der Waals surface area (Å²) in [6, 6.07) is 31.6. The van der Waals surface area contributed by atoms with E-state index in [0.717, 1.165) is 11.3 Å². The summed E-state index contributed by atoms with van der Waals surface area (Å²) in [7, 11) is 0. The zero-order chi connectivity index (χ0) is 22.1. The van der Waals surface area contributed by atoms with Crippen molar-refractivity contribution in [1.29, 1.82) is 0 Å². The highest BCUT2D eigenvalue weighted by atomic mass is 19.1. The molecule has 0 saturated heterocycles. The van der Waals surface area contributed by atoms with E-state index in [2.05, 4.69) is 0 Å². The van der Waals surface area contributed by atoms with Gasteiger partial charge >= 0.3 is 0 Å². The lowest BCUT2D eigenvalue weighted by molar-refractivity contribution is 0.103. The summed E-state index contributed by atoms with van der Waals surface area (Å²) in [5.74, 6) is -0.926. The fourth-order valence-corrected chi connectivity index (χ4v) is 4.02. The third kappa shape index (κ3) is 3.32. The molecule has 0 aliphatic rings. The van der Waals surface area contributed by atoms with Crippen LogP contribution in [0.2, 0.25) is 0 Å². The summed E-state index contributed by atoms with van der Waals surface area (Å²) in [4.78, 5) is 27.3. The van der Waals surface area contributed by atoms with Crippen LogP contribution >= 0.6 is 0 Å². The molecule has 0 bridgehead atoms. The van der Waals surface area contributed by atoms with Gasteiger partial charge in [0.25, 0.3) is 0 Å². The Bertz CT molecular complexity index is 1490. The molecule has 3 nitrogen and oxygen atoms in total. The predicted octanol–water partition coefficient (Wildman–Crippen LogP) is 6.03. The lowest BCUT2D eigenvalue weighted by Crippen LogP contribution is -2.22. The maximum Gasteiger partial charge on any atom is 0.201 e. The van der Waals surface area contributed by atoms with Gasteiger partial charge in [0.15, 0.2) is 5.78 Å². The van der Waals surface area contributed by atoms with Crippen LogP contribution in [0.3, 0.4) is 0 Å². The molecule has 4 aromatic carbocycles. The molecule has 0 aliphatic carbocycles. The number of halogens is 1. The van der Waals surface area contributed by atoms with Crippen LogP contribution in [0.4, 0.5) is 4.39 Å². The molecule has 0 saturated carbocycles. The van der Waals surface area contributed by atoms with Crippen molar-refractivity contribution in [3.05, 3.63) is 136 Å². The van der Waals surface area contributed by atoms with E-state index in [-0.39, 0.29) is 10.9 Å². The molecule has 5 rings (SSSR count). The van der Waals surface area contributed by atoms with E-state index in [9.17, 15) is 14.0 Å². The first kappa shape index (κ1) is 19.6. The smallest absolute Gasteiger partial charge is 0.201 e. The monoisotopic (exact) mass is 419 g/mol. The Morgan fingerprint density at radius 3 is 1.97 bits per heavy atom. The molecule has 0 N–H and O–H groups in total. The van der Waals surface area contributed by atoms with Crippen LogP contribution in [0.25, 0.3) is 27.8 Å². The third-order valence-electron chi connectivity index (χ3n) is 5.46. The maximum atomic E-state index is 14.2. The van der Waals surface area contributed by atoms with Crippen LogP contribution in [0.1, 0.15) is 15.9 Å². The van der Waals surface area contributed by atoms with Crippen LogP contribution in [0.5, 0.6) is 0 Å². The second-order valence-corrected chi connectivity index (χ2v) is 7.45. The highest BCUT2D eigenvalue weighted by molar-refractivity contribution is 6.14. The molecule has 5 aromatic rings. The summed E-state index contributed by atoms with van der Waals surface area (Å²) >= 11 is 0. The predicted molar refractivity (Wildman–Crippen MR) is 125 cm³/mol. The fourth-order valence-electron chi connectivity index (χ4n) is 4.02. The van der Waals surface area contributed by atoms with Crippen molar-refractivity contribution >= 4 is 16.7 Å². The van der Waals surface area contributed by atoms with E-state index in [4.69, 9.17) is 0 Å². The van der Waals surface area contributed by atoms with Crippen LogP contribution < -0.4 is 5.43 Å². The molecule has 0 radical (unpaired) electrons. The van der Waals surface area contributed by atoms with E-state index >= 15 is 0 Å². The molecule has 0 spiro atoms. The number of para-hydroxylation sites is 1. The third-order valence-corrected chi connectivity index (χ3v) is 5.46. The number of pyridine rings is 1. The van der Waals surface area contributed by atoms with E-state index in [1.54, 1.807) is 30.3 Å². The molecule has 0 unspecified atom stereocenters. The number of aromatic nitrogens is 1. The minimum absolute atomic E-state index is 0.0179. The van der Waals surface area contributed by atoms with Gasteiger partial charge in [-0.2, -0.15) is 0 Å². The summed E-state index contributed by atoms with van der Waals surface area (Å²) in [6.07, 6.45) is 0. The number of hydrogen-bond acceptors (Lipinski definition) is 2. The molecule has 0 fully saturated rings. The number of rotatable bonds is 4. The zero-order valence-corrected chi connectivity index (χ0v) is 17.0. The molecule has 4 heteroatoms. The van der Waals surface area contributed by atoms with Crippen LogP contribution in [0, 0.1) is 5.82 Å². The average molecular weight is 419 g/mol. The van der Waals surface area contributed by atoms with Crippen LogP contribution in [-0.4, -0.2) is 10.4 Å². The van der Waals surface area contributed by atoms with Crippen molar-refractivity contribution in [2.75, 3.05) is 0 Å². The number of ketones is 1. The Morgan fingerprint density at radius 1 is 0.719 bits per heavy atom. The second kappa shape index (κ2) is 8.08. The lowest BCUT2D eigenvalue weighted by Gasteiger charge is -2.21. The Kier molecular flexibility index (Phi) is 4.96. The lowest BCUT2D eigenvalue weighted by atomic mass is 9.94. The molecular formula is C28H18FNO2. The van der Waals surface area contributed by atoms with Crippen molar-refractivity contribution in [3.8, 4) is 16.9 Å². The highest BCUT2D eigenvalue weighted by Crippen LogP contribution is 2.31. The van der Waals surface area contributed by atoms with E-state index in [1.807, 2.05) is 71.3 Å². The number of benzene rings is 4. The van der Waals surface area contributed by atoms with Gasteiger partial charge < -0.3 is 4.57 Å². The Hall–Kier alpha value is -4.31. The molecule has 1 aromatic heterocycles. The van der Waals surface area contributed by atoms with Crippen molar-refractivity contribution in [2.24, 2.45) is 0 Å². The zero-order valence-electron chi connectivity index (χ0n) is 17.0. The largest absolute Gasteiger partial charge is 0.308 e. The van der Waals surface area contributed by atoms with Gasteiger partial charge in [-0.3, -0.25) is 9.59 Å². The number of carbonyl (C=O) groups excluding carboxylic acids is 1. The molecule has 0 aliphatic heterocycles. The first-order valence-electron chi connectivity index (χ1n) is 10.2. The van der Waals surface area contributed by atoms with Gasteiger partial charge in [0, 0.05) is 16.6 Å². The van der Waals surface area contributed by atoms with E-state index < -0.39 is 17.0 Å². The fraction of sp³-hybridized carbons (Fsp3) is 0. The number of carbonyl (C=O) groups is 1. The van der Waals surface area contributed by atoms with Gasteiger partial charge in [0.05, 0.1) is 16.8 Å². The summed E-state index contributed by atoms with van der Waals surface area (Å²) < 4.78 is 16.1. The van der Waals surface area contributed by atoms with Gasteiger partial charge in [-0.15, -0.1) is 0 Å². The van der Waals surface area contributed by atoms with Crippen molar-refractivity contribution < 1.29 is 9.18 Å². The summed E-state index contributed by atoms with van der Waals surface area (Å²) in [5, 5.41) is 0.160. The topological polar surface area (TPSA) is 39.1 Å². The van der Waals surface area contributed by atoms with Gasteiger partial charge in [0.1, 0.15) is 5.82 Å². The Balaban J connectivity index is 2.00. The van der Waals surface area contributed by atoms with E-state index in [0.29, 0.717) is 16.8 Å². The number of hydrogen-bond donors (Lipinski definition) is 0. The molecule has 32 heavy (non-hydrogen) atoms. The average Bonchev–Trinajstić information content (AvgIpc) is 2.85. The maximum absolute atomic E-state index is 14.2. The Labute approximate surface area is 184 Å². The molecule has 1 heterocycles. The minimum Gasteiger partial charge on any atom is -0.308 e. The van der Waals surface area contributed by atoms with Gasteiger partial charge in [0.2, 0.25) is 5.43 Å². The normalized spacial score (nSPS) is 10.9. The summed E-state index contributed by atoms with van der Waals surface area (Å²) in [6.45, 7) is 0. The van der Waals surface area contributed by atoms with Gasteiger partial charge in [-0.25, -0.2) is 4.39 Å². The second-order valence-electron chi connectivity index (χ2n) is 7.45. The molecule has 0 atom stereocenters. The van der Waals surface area contributed by atoms with Crippen LogP contribution in [-0.2, 0) is 0 Å². The van der Waals surface area contributed by atoms with Crippen molar-refractivity contribution in [3.63, 3.8) is 0 Å². The minimum atomic E-state index is -0.528. The SMILES string of the molecule is O=C(c1ccccc1)c1c(-c2ccccc2)n(-c2ccccc2)c2ccc(F)cc2c1=O. The first-order chi connectivity index (χ1) is 15.6. The van der Waals surface area contributed by atoms with E-state index in [1.165, 1.54) is 12.1 Å². The number of nitrogens with zero attached hydrogens (tertiary/aromatic N) is 1. The molecule has 0 amide bonds. The number of fused-ring (bicyclic) bond motifs is 1. The highest BCUT2D eigenvalue weighted by Gasteiger charge is 2.25. The van der Waals surface area contributed by atoms with Crippen molar-refractivity contribution in [1.82, 2.24) is 4.57 Å².